The monoisotopic (exact) mass is 270 g/mol. The molecular weight excluding hydrogens is 256 g/mol. The van der Waals surface area contributed by atoms with Crippen molar-refractivity contribution in [2.45, 2.75) is 6.54 Å². The average molecular weight is 270 g/mol. The Morgan fingerprint density at radius 1 is 1.26 bits per heavy atom. The van der Waals surface area contributed by atoms with Crippen LogP contribution in [0.2, 0.25) is 0 Å². The van der Waals surface area contributed by atoms with Gasteiger partial charge in [-0.1, -0.05) is 18.2 Å². The Morgan fingerprint density at radius 2 is 2.21 bits per heavy atom. The third-order valence-electron chi connectivity index (χ3n) is 2.94. The number of hydrogen-bond acceptors (Lipinski definition) is 3. The van der Waals surface area contributed by atoms with Crippen LogP contribution in [-0.4, -0.2) is 16.7 Å². The molecule has 0 radical (unpaired) electrons. The van der Waals surface area contributed by atoms with Crippen LogP contribution >= 0.6 is 11.3 Å². The van der Waals surface area contributed by atoms with Gasteiger partial charge >= 0.3 is 0 Å². The molecule has 0 aliphatic rings. The Labute approximate surface area is 116 Å². The molecule has 1 aromatic carbocycles. The molecule has 0 unspecified atom stereocenters. The van der Waals surface area contributed by atoms with E-state index in [1.807, 2.05) is 30.6 Å². The summed E-state index contributed by atoms with van der Waals surface area (Å²) in [4.78, 5) is 5.63. The maximum absolute atomic E-state index is 5.25. The summed E-state index contributed by atoms with van der Waals surface area (Å²) in [5, 5.41) is 2.07. The number of nitrogens with zero attached hydrogens (tertiary/aromatic N) is 2. The van der Waals surface area contributed by atoms with Crippen molar-refractivity contribution in [2.24, 2.45) is 0 Å². The molecule has 0 fully saturated rings. The Kier molecular flexibility index (Phi) is 3.33. The van der Waals surface area contributed by atoms with Crippen LogP contribution in [0.3, 0.4) is 0 Å². The zero-order valence-corrected chi connectivity index (χ0v) is 11.4. The van der Waals surface area contributed by atoms with E-state index in [0.717, 1.165) is 18.1 Å². The van der Waals surface area contributed by atoms with E-state index in [9.17, 15) is 0 Å². The summed E-state index contributed by atoms with van der Waals surface area (Å²) >= 11 is 1.71. The lowest BCUT2D eigenvalue weighted by molar-refractivity contribution is 0.414. The maximum Gasteiger partial charge on any atom is 0.150 e. The standard InChI is InChI=1S/C15H14N2OS/c1-18-13-5-2-4-12(10-13)11-17-8-7-16-15(17)14-6-3-9-19-14/h2-10H,11H2,1H3. The van der Waals surface area contributed by atoms with Gasteiger partial charge in [-0.3, -0.25) is 0 Å². The van der Waals surface area contributed by atoms with Crippen LogP contribution in [0.1, 0.15) is 5.56 Å². The summed E-state index contributed by atoms with van der Waals surface area (Å²) in [6.07, 6.45) is 3.85. The van der Waals surface area contributed by atoms with Gasteiger partial charge < -0.3 is 9.30 Å². The van der Waals surface area contributed by atoms with Gasteiger partial charge in [-0.15, -0.1) is 11.3 Å². The van der Waals surface area contributed by atoms with Crippen LogP contribution in [-0.2, 0) is 6.54 Å². The highest BCUT2D eigenvalue weighted by Gasteiger charge is 2.07. The lowest BCUT2D eigenvalue weighted by Gasteiger charge is -2.08. The van der Waals surface area contributed by atoms with Crippen molar-refractivity contribution in [1.29, 1.82) is 0 Å². The van der Waals surface area contributed by atoms with Gasteiger partial charge in [0.1, 0.15) is 11.6 Å². The third-order valence-corrected chi connectivity index (χ3v) is 3.81. The predicted molar refractivity (Wildman–Crippen MR) is 77.6 cm³/mol. The van der Waals surface area contributed by atoms with Crippen molar-refractivity contribution < 1.29 is 4.74 Å². The van der Waals surface area contributed by atoms with Gasteiger partial charge in [-0.2, -0.15) is 0 Å². The second kappa shape index (κ2) is 5.28. The molecule has 3 nitrogen and oxygen atoms in total. The molecule has 0 spiro atoms. The average Bonchev–Trinajstić information content (AvgIpc) is 3.09. The molecule has 3 rings (SSSR count). The van der Waals surface area contributed by atoms with Crippen LogP contribution in [0, 0.1) is 0 Å². The molecular formula is C15H14N2OS. The van der Waals surface area contributed by atoms with E-state index >= 15 is 0 Å². The highest BCUT2D eigenvalue weighted by molar-refractivity contribution is 7.13. The van der Waals surface area contributed by atoms with Crippen molar-refractivity contribution in [2.75, 3.05) is 7.11 Å². The normalized spacial score (nSPS) is 10.6. The van der Waals surface area contributed by atoms with Gasteiger partial charge in [0.2, 0.25) is 0 Å². The lowest BCUT2D eigenvalue weighted by atomic mass is 10.2. The van der Waals surface area contributed by atoms with E-state index in [-0.39, 0.29) is 0 Å². The van der Waals surface area contributed by atoms with E-state index in [0.29, 0.717) is 0 Å². The highest BCUT2D eigenvalue weighted by atomic mass is 32.1. The second-order valence-corrected chi connectivity index (χ2v) is 5.16. The summed E-state index contributed by atoms with van der Waals surface area (Å²) in [5.41, 5.74) is 1.20. The van der Waals surface area contributed by atoms with Crippen LogP contribution < -0.4 is 4.74 Å². The van der Waals surface area contributed by atoms with E-state index in [1.54, 1.807) is 18.4 Å². The van der Waals surface area contributed by atoms with Crippen LogP contribution in [0.15, 0.2) is 54.2 Å². The first kappa shape index (κ1) is 12.0. The molecule has 2 aromatic heterocycles. The molecule has 3 aromatic rings. The second-order valence-electron chi connectivity index (χ2n) is 4.21. The van der Waals surface area contributed by atoms with E-state index < -0.39 is 0 Å². The molecule has 19 heavy (non-hydrogen) atoms. The zero-order chi connectivity index (χ0) is 13.1. The Balaban J connectivity index is 1.89. The number of hydrogen-bond donors (Lipinski definition) is 0. The van der Waals surface area contributed by atoms with Gasteiger partial charge in [0.05, 0.1) is 12.0 Å². The van der Waals surface area contributed by atoms with Crippen LogP contribution in [0.4, 0.5) is 0 Å². The van der Waals surface area contributed by atoms with Gasteiger partial charge in [0, 0.05) is 18.9 Å². The number of thiophene rings is 1. The van der Waals surface area contributed by atoms with Crippen molar-refractivity contribution in [3.05, 3.63) is 59.7 Å². The number of ether oxygens (including phenoxy) is 1. The summed E-state index contributed by atoms with van der Waals surface area (Å²) in [7, 11) is 1.69. The number of benzene rings is 1. The van der Waals surface area contributed by atoms with Crippen molar-refractivity contribution in [3.63, 3.8) is 0 Å². The van der Waals surface area contributed by atoms with E-state index in [4.69, 9.17) is 4.74 Å². The maximum atomic E-state index is 5.25. The minimum atomic E-state index is 0.796. The first-order chi connectivity index (χ1) is 9.36. The molecule has 2 heterocycles. The fraction of sp³-hybridized carbons (Fsp3) is 0.133. The molecule has 0 saturated heterocycles. The molecule has 0 atom stereocenters. The van der Waals surface area contributed by atoms with Gasteiger partial charge in [-0.05, 0) is 29.1 Å². The number of imidazole rings is 1. The molecule has 0 N–H and O–H groups in total. The summed E-state index contributed by atoms with van der Waals surface area (Å²) in [6.45, 7) is 0.796. The summed E-state index contributed by atoms with van der Waals surface area (Å²) in [5.74, 6) is 1.90. The molecule has 0 amide bonds. The molecule has 0 aliphatic carbocycles. The summed E-state index contributed by atoms with van der Waals surface area (Å²) < 4.78 is 7.41. The van der Waals surface area contributed by atoms with Crippen molar-refractivity contribution >= 4 is 11.3 Å². The summed E-state index contributed by atoms with van der Waals surface area (Å²) in [6, 6.07) is 12.3. The van der Waals surface area contributed by atoms with Gasteiger partial charge in [-0.25, -0.2) is 4.98 Å². The number of rotatable bonds is 4. The van der Waals surface area contributed by atoms with Gasteiger partial charge in [0.15, 0.2) is 0 Å². The quantitative estimate of drug-likeness (QED) is 0.723. The number of aromatic nitrogens is 2. The van der Waals surface area contributed by atoms with Crippen molar-refractivity contribution in [1.82, 2.24) is 9.55 Å². The molecule has 0 bridgehead atoms. The Hall–Kier alpha value is -2.07. The molecule has 0 saturated carbocycles. The van der Waals surface area contributed by atoms with Gasteiger partial charge in [0.25, 0.3) is 0 Å². The van der Waals surface area contributed by atoms with E-state index in [2.05, 4.69) is 33.1 Å². The first-order valence-electron chi connectivity index (χ1n) is 6.05. The largest absolute Gasteiger partial charge is 0.497 e. The minimum Gasteiger partial charge on any atom is -0.497 e. The molecule has 4 heteroatoms. The highest BCUT2D eigenvalue weighted by Crippen LogP contribution is 2.24. The fourth-order valence-corrected chi connectivity index (χ4v) is 2.77. The number of methoxy groups -OCH3 is 1. The molecule has 96 valence electrons. The van der Waals surface area contributed by atoms with Crippen LogP contribution in [0.25, 0.3) is 10.7 Å². The smallest absolute Gasteiger partial charge is 0.150 e. The van der Waals surface area contributed by atoms with E-state index in [1.165, 1.54) is 10.4 Å². The minimum absolute atomic E-state index is 0.796. The fourth-order valence-electron chi connectivity index (χ4n) is 2.04. The Morgan fingerprint density at radius 3 is 3.00 bits per heavy atom. The SMILES string of the molecule is COc1cccc(Cn2ccnc2-c2cccs2)c1. The molecule has 0 aliphatic heterocycles. The van der Waals surface area contributed by atoms with Crippen LogP contribution in [0.5, 0.6) is 5.75 Å². The third kappa shape index (κ3) is 2.53. The lowest BCUT2D eigenvalue weighted by Crippen LogP contribution is -2.00. The Bertz CT molecular complexity index is 658. The topological polar surface area (TPSA) is 27.1 Å². The van der Waals surface area contributed by atoms with Crippen molar-refractivity contribution in [3.8, 4) is 16.5 Å². The predicted octanol–water partition coefficient (Wildman–Crippen LogP) is 3.67. The first-order valence-corrected chi connectivity index (χ1v) is 6.93. The zero-order valence-electron chi connectivity index (χ0n) is 10.6.